The summed E-state index contributed by atoms with van der Waals surface area (Å²) in [5.41, 5.74) is 0.207. The van der Waals surface area contributed by atoms with E-state index in [1.54, 1.807) is 13.0 Å². The molecule has 4 aromatic rings. The number of benzene rings is 1. The van der Waals surface area contributed by atoms with Gasteiger partial charge in [-0.2, -0.15) is 5.10 Å². The van der Waals surface area contributed by atoms with Crippen LogP contribution >= 0.6 is 0 Å². The number of ether oxygens (including phenoxy) is 1. The number of nitrogens with one attached hydrogen (secondary N) is 2. The fourth-order valence-corrected chi connectivity index (χ4v) is 4.28. The molecular formula is C20H16F3N5O3S. The summed E-state index contributed by atoms with van der Waals surface area (Å²) < 4.78 is 75.4. The molecule has 1 aromatic carbocycles. The average Bonchev–Trinajstić information content (AvgIpc) is 3.12. The molecule has 0 aliphatic heterocycles. The molecule has 0 spiro atoms. The summed E-state index contributed by atoms with van der Waals surface area (Å²) in [6.07, 6.45) is 2.22. The van der Waals surface area contributed by atoms with Crippen molar-refractivity contribution in [2.75, 3.05) is 4.72 Å². The number of H-pyrrole nitrogens is 1. The Bertz CT molecular complexity index is 1440. The second-order valence-electron chi connectivity index (χ2n) is 6.89. The van der Waals surface area contributed by atoms with Gasteiger partial charge < -0.3 is 4.74 Å². The number of rotatable bonds is 6. The van der Waals surface area contributed by atoms with Crippen LogP contribution in [0.5, 0.6) is 5.75 Å². The van der Waals surface area contributed by atoms with Crippen LogP contribution in [0.1, 0.15) is 17.0 Å². The predicted octanol–water partition coefficient (Wildman–Crippen LogP) is 3.77. The van der Waals surface area contributed by atoms with E-state index in [-0.39, 0.29) is 11.4 Å². The summed E-state index contributed by atoms with van der Waals surface area (Å²) in [5, 5.41) is 7.42. The zero-order chi connectivity index (χ0) is 23.0. The Morgan fingerprint density at radius 3 is 2.62 bits per heavy atom. The van der Waals surface area contributed by atoms with Gasteiger partial charge in [0.15, 0.2) is 11.5 Å². The first kappa shape index (κ1) is 21.6. The van der Waals surface area contributed by atoms with E-state index in [9.17, 15) is 21.6 Å². The molecule has 0 atom stereocenters. The van der Waals surface area contributed by atoms with E-state index >= 15 is 0 Å². The SMILES string of the molecule is Cc1ncc(F)cc1S(=O)(=O)Nc1ccc(F)c(COc2cnc3[nH]nc(C)c3c2)c1F. The minimum atomic E-state index is -4.38. The lowest BCUT2D eigenvalue weighted by Gasteiger charge is -2.14. The molecule has 0 fully saturated rings. The van der Waals surface area contributed by atoms with E-state index in [0.29, 0.717) is 16.7 Å². The number of anilines is 1. The van der Waals surface area contributed by atoms with Gasteiger partial charge in [0.05, 0.1) is 35.0 Å². The number of hydrogen-bond acceptors (Lipinski definition) is 6. The third kappa shape index (κ3) is 4.08. The Kier molecular flexibility index (Phi) is 5.46. The van der Waals surface area contributed by atoms with Gasteiger partial charge in [-0.1, -0.05) is 0 Å². The zero-order valence-corrected chi connectivity index (χ0v) is 17.6. The van der Waals surface area contributed by atoms with Crippen molar-refractivity contribution in [1.29, 1.82) is 0 Å². The number of pyridine rings is 2. The van der Waals surface area contributed by atoms with E-state index in [0.717, 1.165) is 24.4 Å². The molecule has 166 valence electrons. The van der Waals surface area contributed by atoms with Crippen molar-refractivity contribution in [3.05, 3.63) is 71.1 Å². The third-order valence-corrected chi connectivity index (χ3v) is 6.17. The Hall–Kier alpha value is -3.67. The first-order valence-corrected chi connectivity index (χ1v) is 10.7. The topological polar surface area (TPSA) is 110 Å². The summed E-state index contributed by atoms with van der Waals surface area (Å²) in [6.45, 7) is 2.59. The number of nitrogens with zero attached hydrogens (tertiary/aromatic N) is 3. The van der Waals surface area contributed by atoms with Crippen LogP contribution in [0.4, 0.5) is 18.9 Å². The number of aromatic nitrogens is 4. The second kappa shape index (κ2) is 8.11. The quantitative estimate of drug-likeness (QED) is 0.451. The molecule has 0 radical (unpaired) electrons. The van der Waals surface area contributed by atoms with Gasteiger partial charge in [0, 0.05) is 5.39 Å². The average molecular weight is 463 g/mol. The maximum absolute atomic E-state index is 15.0. The highest BCUT2D eigenvalue weighted by Gasteiger charge is 2.23. The zero-order valence-electron chi connectivity index (χ0n) is 16.8. The lowest BCUT2D eigenvalue weighted by Crippen LogP contribution is -2.17. The Balaban J connectivity index is 1.60. The van der Waals surface area contributed by atoms with E-state index in [4.69, 9.17) is 4.74 Å². The van der Waals surface area contributed by atoms with Gasteiger partial charge in [-0.15, -0.1) is 0 Å². The van der Waals surface area contributed by atoms with Crippen LogP contribution in [0.3, 0.4) is 0 Å². The van der Waals surface area contributed by atoms with Crippen molar-refractivity contribution in [1.82, 2.24) is 20.2 Å². The fraction of sp³-hybridized carbons (Fsp3) is 0.150. The number of aryl methyl sites for hydroxylation is 2. The summed E-state index contributed by atoms with van der Waals surface area (Å²) in [4.78, 5) is 7.30. The molecule has 2 N–H and O–H groups in total. The summed E-state index contributed by atoms with van der Waals surface area (Å²) in [7, 11) is -4.38. The molecule has 0 unspecified atom stereocenters. The van der Waals surface area contributed by atoms with Crippen LogP contribution in [-0.2, 0) is 16.6 Å². The molecule has 0 aliphatic carbocycles. The van der Waals surface area contributed by atoms with Gasteiger partial charge in [-0.25, -0.2) is 26.6 Å². The number of sulfonamides is 1. The predicted molar refractivity (Wildman–Crippen MR) is 109 cm³/mol. The lowest BCUT2D eigenvalue weighted by atomic mass is 10.2. The van der Waals surface area contributed by atoms with Crippen molar-refractivity contribution in [2.24, 2.45) is 0 Å². The van der Waals surface area contributed by atoms with Gasteiger partial charge in [0.2, 0.25) is 0 Å². The molecule has 0 amide bonds. The van der Waals surface area contributed by atoms with Crippen molar-refractivity contribution >= 4 is 26.7 Å². The van der Waals surface area contributed by atoms with Crippen molar-refractivity contribution in [3.8, 4) is 5.75 Å². The maximum atomic E-state index is 15.0. The molecule has 4 rings (SSSR count). The molecule has 3 aromatic heterocycles. The Morgan fingerprint density at radius 2 is 1.84 bits per heavy atom. The summed E-state index contributed by atoms with van der Waals surface area (Å²) >= 11 is 0. The van der Waals surface area contributed by atoms with Crippen LogP contribution in [0.15, 0.2) is 41.6 Å². The Labute approximate surface area is 180 Å². The van der Waals surface area contributed by atoms with E-state index < -0.39 is 50.2 Å². The van der Waals surface area contributed by atoms with Crippen LogP contribution in [0, 0.1) is 31.3 Å². The molecule has 12 heteroatoms. The number of aromatic amines is 1. The van der Waals surface area contributed by atoms with E-state index in [1.807, 2.05) is 4.72 Å². The minimum Gasteiger partial charge on any atom is -0.487 e. The minimum absolute atomic E-state index is 0.0161. The number of hydrogen-bond donors (Lipinski definition) is 2. The monoisotopic (exact) mass is 463 g/mol. The summed E-state index contributed by atoms with van der Waals surface area (Å²) in [6, 6.07) is 4.20. The highest BCUT2D eigenvalue weighted by atomic mass is 32.2. The van der Waals surface area contributed by atoms with Gasteiger partial charge in [-0.3, -0.25) is 14.8 Å². The van der Waals surface area contributed by atoms with Crippen molar-refractivity contribution in [3.63, 3.8) is 0 Å². The highest BCUT2D eigenvalue weighted by molar-refractivity contribution is 7.92. The molecular weight excluding hydrogens is 447 g/mol. The highest BCUT2D eigenvalue weighted by Crippen LogP contribution is 2.27. The van der Waals surface area contributed by atoms with Crippen LogP contribution < -0.4 is 9.46 Å². The first-order valence-electron chi connectivity index (χ1n) is 9.21. The smallest absolute Gasteiger partial charge is 0.263 e. The van der Waals surface area contributed by atoms with Gasteiger partial charge >= 0.3 is 0 Å². The van der Waals surface area contributed by atoms with E-state index in [2.05, 4.69) is 20.2 Å². The third-order valence-electron chi connectivity index (χ3n) is 4.69. The standard InChI is InChI=1S/C20H16F3N5O3S/c1-10-14-6-13(8-25-20(14)27-26-10)31-9-15-16(22)3-4-17(19(15)23)28-32(29,30)18-5-12(21)7-24-11(18)2/h3-8,28H,9H2,1-2H3,(H,25,26,27). The van der Waals surface area contributed by atoms with Crippen LogP contribution in [0.25, 0.3) is 11.0 Å². The molecule has 8 nitrogen and oxygen atoms in total. The molecule has 0 saturated heterocycles. The van der Waals surface area contributed by atoms with Gasteiger partial charge in [0.25, 0.3) is 10.0 Å². The molecule has 0 bridgehead atoms. The van der Waals surface area contributed by atoms with Gasteiger partial charge in [-0.05, 0) is 38.1 Å². The summed E-state index contributed by atoms with van der Waals surface area (Å²) in [5.74, 6) is -2.72. The van der Waals surface area contributed by atoms with Gasteiger partial charge in [0.1, 0.15) is 28.9 Å². The molecule has 32 heavy (non-hydrogen) atoms. The number of fused-ring (bicyclic) bond motifs is 1. The molecule has 3 heterocycles. The molecule has 0 saturated carbocycles. The largest absolute Gasteiger partial charge is 0.487 e. The Morgan fingerprint density at radius 1 is 1.06 bits per heavy atom. The van der Waals surface area contributed by atoms with Crippen molar-refractivity contribution in [2.45, 2.75) is 25.3 Å². The second-order valence-corrected chi connectivity index (χ2v) is 8.55. The van der Waals surface area contributed by atoms with Crippen LogP contribution in [-0.4, -0.2) is 28.6 Å². The van der Waals surface area contributed by atoms with E-state index in [1.165, 1.54) is 13.1 Å². The van der Waals surface area contributed by atoms with Crippen molar-refractivity contribution < 1.29 is 26.3 Å². The lowest BCUT2D eigenvalue weighted by molar-refractivity contribution is 0.292. The normalized spacial score (nSPS) is 11.7. The first-order chi connectivity index (χ1) is 15.2. The molecule has 0 aliphatic rings. The fourth-order valence-electron chi connectivity index (χ4n) is 3.01. The van der Waals surface area contributed by atoms with Crippen LogP contribution in [0.2, 0.25) is 0 Å². The number of halogens is 3. The maximum Gasteiger partial charge on any atom is 0.263 e.